The van der Waals surface area contributed by atoms with Crippen LogP contribution in [0.15, 0.2) is 24.3 Å². The van der Waals surface area contributed by atoms with Gasteiger partial charge in [0.15, 0.2) is 0 Å². The summed E-state index contributed by atoms with van der Waals surface area (Å²) in [6.07, 6.45) is 1.01. The normalized spacial score (nSPS) is 20.8. The minimum atomic E-state index is 0.505. The largest absolute Gasteiger partial charge is 0.328 e. The van der Waals surface area contributed by atoms with Crippen LogP contribution < -0.4 is 5.32 Å². The first kappa shape index (κ1) is 15.3. The fourth-order valence-corrected chi connectivity index (χ4v) is 5.92. The summed E-state index contributed by atoms with van der Waals surface area (Å²) in [4.78, 5) is 4.87. The second-order valence-electron chi connectivity index (χ2n) is 5.34. The number of aromatic nitrogens is 2. The van der Waals surface area contributed by atoms with E-state index in [9.17, 15) is 0 Å². The summed E-state index contributed by atoms with van der Waals surface area (Å²) in [6, 6.07) is 8.97. The van der Waals surface area contributed by atoms with Crippen LogP contribution in [0.1, 0.15) is 12.7 Å². The molecule has 1 aliphatic heterocycles. The van der Waals surface area contributed by atoms with Gasteiger partial charge in [-0.25, -0.2) is 4.98 Å². The van der Waals surface area contributed by atoms with E-state index in [0.29, 0.717) is 11.3 Å². The topological polar surface area (TPSA) is 29.9 Å². The Kier molecular flexibility index (Phi) is 5.14. The predicted molar refractivity (Wildman–Crippen MR) is 95.5 cm³/mol. The van der Waals surface area contributed by atoms with Gasteiger partial charge >= 0.3 is 0 Å². The van der Waals surface area contributed by atoms with Crippen LogP contribution in [0.5, 0.6) is 0 Å². The number of rotatable bonds is 5. The SMILES string of the molecule is CCn1c(CC(NC)C2CSCCS2)nc2ccccc21. The smallest absolute Gasteiger partial charge is 0.111 e. The van der Waals surface area contributed by atoms with Gasteiger partial charge in [0.25, 0.3) is 0 Å². The van der Waals surface area contributed by atoms with Gasteiger partial charge in [0.05, 0.1) is 11.0 Å². The van der Waals surface area contributed by atoms with Crippen molar-refractivity contribution in [1.29, 1.82) is 0 Å². The third kappa shape index (κ3) is 3.25. The Labute approximate surface area is 135 Å². The van der Waals surface area contributed by atoms with Crippen LogP contribution in [-0.2, 0) is 13.0 Å². The van der Waals surface area contributed by atoms with Gasteiger partial charge in [-0.15, -0.1) is 0 Å². The van der Waals surface area contributed by atoms with Gasteiger partial charge in [-0.3, -0.25) is 0 Å². The Hall–Kier alpha value is -0.650. The lowest BCUT2D eigenvalue weighted by Gasteiger charge is -2.29. The molecule has 0 bridgehead atoms. The number of imidazole rings is 1. The molecule has 1 saturated heterocycles. The Morgan fingerprint density at radius 2 is 2.24 bits per heavy atom. The molecule has 5 heteroatoms. The number of fused-ring (bicyclic) bond motifs is 1. The van der Waals surface area contributed by atoms with Crippen LogP contribution in [0.2, 0.25) is 0 Å². The van der Waals surface area contributed by atoms with Crippen LogP contribution in [-0.4, -0.2) is 45.1 Å². The van der Waals surface area contributed by atoms with Crippen LogP contribution in [0.25, 0.3) is 11.0 Å². The summed E-state index contributed by atoms with van der Waals surface area (Å²) in [5.41, 5.74) is 2.38. The molecule has 3 rings (SSSR count). The second kappa shape index (κ2) is 7.07. The molecule has 3 nitrogen and oxygen atoms in total. The lowest BCUT2D eigenvalue weighted by atomic mass is 10.1. The molecule has 0 saturated carbocycles. The van der Waals surface area contributed by atoms with Crippen molar-refractivity contribution in [3.8, 4) is 0 Å². The molecule has 21 heavy (non-hydrogen) atoms. The average Bonchev–Trinajstić information content (AvgIpc) is 2.90. The molecule has 0 spiro atoms. The van der Waals surface area contributed by atoms with Gasteiger partial charge in [-0.1, -0.05) is 12.1 Å². The van der Waals surface area contributed by atoms with Gasteiger partial charge in [0.2, 0.25) is 0 Å². The van der Waals surface area contributed by atoms with Gasteiger partial charge in [0.1, 0.15) is 5.82 Å². The number of para-hydroxylation sites is 2. The molecule has 2 aromatic rings. The molecule has 2 unspecified atom stereocenters. The van der Waals surface area contributed by atoms with E-state index in [-0.39, 0.29) is 0 Å². The lowest BCUT2D eigenvalue weighted by Crippen LogP contribution is -2.41. The maximum atomic E-state index is 4.87. The Balaban J connectivity index is 1.85. The summed E-state index contributed by atoms with van der Waals surface area (Å²) in [5, 5.41) is 4.22. The van der Waals surface area contributed by atoms with Crippen LogP contribution in [0.4, 0.5) is 0 Å². The molecule has 0 aliphatic carbocycles. The first-order valence-corrected chi connectivity index (χ1v) is 9.84. The summed E-state index contributed by atoms with van der Waals surface area (Å²) in [5.74, 6) is 5.04. The molecular formula is C16H23N3S2. The van der Waals surface area contributed by atoms with Crippen molar-refractivity contribution in [3.05, 3.63) is 30.1 Å². The monoisotopic (exact) mass is 321 g/mol. The zero-order valence-electron chi connectivity index (χ0n) is 12.7. The zero-order chi connectivity index (χ0) is 14.7. The molecular weight excluding hydrogens is 298 g/mol. The molecule has 1 fully saturated rings. The number of hydrogen-bond acceptors (Lipinski definition) is 4. The first-order chi connectivity index (χ1) is 10.3. The van der Waals surface area contributed by atoms with Crippen molar-refractivity contribution >= 4 is 34.6 Å². The molecule has 1 aromatic heterocycles. The van der Waals surface area contributed by atoms with Crippen LogP contribution in [0.3, 0.4) is 0 Å². The highest BCUT2D eigenvalue weighted by molar-refractivity contribution is 8.06. The number of nitrogens with one attached hydrogen (secondary N) is 1. The highest BCUT2D eigenvalue weighted by Crippen LogP contribution is 2.28. The number of hydrogen-bond donors (Lipinski definition) is 1. The number of benzene rings is 1. The quantitative estimate of drug-likeness (QED) is 0.917. The summed E-state index contributed by atoms with van der Waals surface area (Å²) in [6.45, 7) is 3.19. The Morgan fingerprint density at radius 3 is 2.95 bits per heavy atom. The predicted octanol–water partition coefficient (Wildman–Crippen LogP) is 3.04. The zero-order valence-corrected chi connectivity index (χ0v) is 14.3. The molecule has 1 aliphatic rings. The second-order valence-corrected chi connectivity index (χ2v) is 7.84. The van der Waals surface area contributed by atoms with E-state index >= 15 is 0 Å². The van der Waals surface area contributed by atoms with Crippen LogP contribution >= 0.6 is 23.5 Å². The van der Waals surface area contributed by atoms with E-state index in [0.717, 1.165) is 18.5 Å². The van der Waals surface area contributed by atoms with Crippen molar-refractivity contribution in [2.24, 2.45) is 0 Å². The Bertz CT molecular complexity index is 590. The number of nitrogens with zero attached hydrogens (tertiary/aromatic N) is 2. The van der Waals surface area contributed by atoms with Gasteiger partial charge < -0.3 is 9.88 Å². The Morgan fingerprint density at radius 1 is 1.38 bits per heavy atom. The number of likely N-dealkylation sites (N-methyl/N-ethyl adjacent to an activating group) is 1. The molecule has 114 valence electrons. The maximum Gasteiger partial charge on any atom is 0.111 e. The number of thioether (sulfide) groups is 2. The summed E-state index contributed by atoms with van der Waals surface area (Å²) in [7, 11) is 2.09. The average molecular weight is 322 g/mol. The lowest BCUT2D eigenvalue weighted by molar-refractivity contribution is 0.530. The fraction of sp³-hybridized carbons (Fsp3) is 0.562. The molecule has 2 atom stereocenters. The van der Waals surface area contributed by atoms with Gasteiger partial charge in [-0.05, 0) is 26.1 Å². The maximum absolute atomic E-state index is 4.87. The fourth-order valence-electron chi connectivity index (χ4n) is 2.99. The van der Waals surface area contributed by atoms with E-state index in [1.54, 1.807) is 0 Å². The molecule has 2 heterocycles. The van der Waals surface area contributed by atoms with E-state index in [1.165, 1.54) is 28.6 Å². The van der Waals surface area contributed by atoms with E-state index in [2.05, 4.69) is 71.6 Å². The van der Waals surface area contributed by atoms with Gasteiger partial charge in [-0.2, -0.15) is 23.5 Å². The van der Waals surface area contributed by atoms with Gasteiger partial charge in [0, 0.05) is 41.5 Å². The standard InChI is InChI=1S/C16H23N3S2/c1-3-19-14-7-5-4-6-12(14)18-16(19)10-13(17-2)15-11-20-8-9-21-15/h4-7,13,15,17H,3,8-11H2,1-2H3. The van der Waals surface area contributed by atoms with Crippen molar-refractivity contribution in [2.75, 3.05) is 24.3 Å². The van der Waals surface area contributed by atoms with Crippen LogP contribution in [0, 0.1) is 0 Å². The van der Waals surface area contributed by atoms with Crippen molar-refractivity contribution in [2.45, 2.75) is 31.2 Å². The summed E-state index contributed by atoms with van der Waals surface area (Å²) < 4.78 is 2.36. The minimum Gasteiger partial charge on any atom is -0.328 e. The van der Waals surface area contributed by atoms with Crippen molar-refractivity contribution < 1.29 is 0 Å². The molecule has 0 radical (unpaired) electrons. The van der Waals surface area contributed by atoms with E-state index < -0.39 is 0 Å². The summed E-state index contributed by atoms with van der Waals surface area (Å²) >= 11 is 4.20. The molecule has 0 amide bonds. The van der Waals surface area contributed by atoms with Crippen molar-refractivity contribution in [1.82, 2.24) is 14.9 Å². The van der Waals surface area contributed by atoms with E-state index in [1.807, 2.05) is 0 Å². The number of aryl methyl sites for hydroxylation is 1. The van der Waals surface area contributed by atoms with Crippen molar-refractivity contribution in [3.63, 3.8) is 0 Å². The molecule has 1 aromatic carbocycles. The molecule has 1 N–H and O–H groups in total. The van der Waals surface area contributed by atoms with E-state index in [4.69, 9.17) is 4.98 Å². The first-order valence-electron chi connectivity index (χ1n) is 7.64. The highest BCUT2D eigenvalue weighted by Gasteiger charge is 2.25. The third-order valence-electron chi connectivity index (χ3n) is 4.11. The minimum absolute atomic E-state index is 0.505. The highest BCUT2D eigenvalue weighted by atomic mass is 32.2. The third-order valence-corrected chi connectivity index (χ3v) is 7.03.